The standard InChI is InChI=1S/C23H34N4O2.HI/c1-5-24-23(25-15-14-19-10-6-8-12-21(19)28-4)26-18-20-11-7-9-13-22(20)29-17-16-27(2)3;/h6-13H,5,14-18H2,1-4H3,(H2,24,25,26);1H. The van der Waals surface area contributed by atoms with Gasteiger partial charge >= 0.3 is 0 Å². The molecule has 0 aliphatic heterocycles. The molecule has 0 radical (unpaired) electrons. The molecule has 0 heterocycles. The Kier molecular flexibility index (Phi) is 12.9. The van der Waals surface area contributed by atoms with E-state index in [0.29, 0.717) is 13.2 Å². The van der Waals surface area contributed by atoms with Gasteiger partial charge in [0.1, 0.15) is 18.1 Å². The summed E-state index contributed by atoms with van der Waals surface area (Å²) < 4.78 is 11.4. The second-order valence-electron chi connectivity index (χ2n) is 6.94. The van der Waals surface area contributed by atoms with E-state index in [9.17, 15) is 0 Å². The molecule has 2 rings (SSSR count). The SMILES string of the molecule is CCNC(=NCc1ccccc1OCCN(C)C)NCCc1ccccc1OC.I. The fourth-order valence-electron chi connectivity index (χ4n) is 2.84. The molecule has 0 amide bonds. The highest BCUT2D eigenvalue weighted by atomic mass is 127. The lowest BCUT2D eigenvalue weighted by atomic mass is 10.1. The van der Waals surface area contributed by atoms with Crippen LogP contribution in [0.15, 0.2) is 53.5 Å². The van der Waals surface area contributed by atoms with Crippen LogP contribution in [0.1, 0.15) is 18.1 Å². The van der Waals surface area contributed by atoms with E-state index in [1.165, 1.54) is 5.56 Å². The Morgan fingerprint density at radius 3 is 2.30 bits per heavy atom. The van der Waals surface area contributed by atoms with Gasteiger partial charge in [-0.15, -0.1) is 24.0 Å². The van der Waals surface area contributed by atoms with Gasteiger partial charge in [-0.25, -0.2) is 4.99 Å². The minimum absolute atomic E-state index is 0. The molecule has 2 aromatic rings. The van der Waals surface area contributed by atoms with Crippen LogP contribution >= 0.6 is 24.0 Å². The van der Waals surface area contributed by atoms with Gasteiger partial charge in [-0.3, -0.25) is 0 Å². The van der Waals surface area contributed by atoms with Crippen LogP contribution in [-0.4, -0.2) is 58.3 Å². The predicted octanol–water partition coefficient (Wildman–Crippen LogP) is 3.55. The maximum absolute atomic E-state index is 5.94. The quantitative estimate of drug-likeness (QED) is 0.267. The van der Waals surface area contributed by atoms with Gasteiger partial charge in [-0.05, 0) is 45.1 Å². The van der Waals surface area contributed by atoms with Crippen molar-refractivity contribution in [3.05, 3.63) is 59.7 Å². The Bertz CT molecular complexity index is 768. The Morgan fingerprint density at radius 2 is 1.63 bits per heavy atom. The molecule has 0 spiro atoms. The van der Waals surface area contributed by atoms with Crippen molar-refractivity contribution in [2.24, 2.45) is 4.99 Å². The van der Waals surface area contributed by atoms with Crippen molar-refractivity contribution in [1.29, 1.82) is 0 Å². The first kappa shape index (κ1) is 26.0. The van der Waals surface area contributed by atoms with Gasteiger partial charge in [0.15, 0.2) is 5.96 Å². The molecule has 0 unspecified atom stereocenters. The van der Waals surface area contributed by atoms with Gasteiger partial charge in [0.2, 0.25) is 0 Å². The number of halogens is 1. The Morgan fingerprint density at radius 1 is 0.967 bits per heavy atom. The van der Waals surface area contributed by atoms with Crippen molar-refractivity contribution in [1.82, 2.24) is 15.5 Å². The number of hydrogen-bond acceptors (Lipinski definition) is 4. The van der Waals surface area contributed by atoms with Crippen LogP contribution in [-0.2, 0) is 13.0 Å². The summed E-state index contributed by atoms with van der Waals surface area (Å²) in [5.74, 6) is 2.61. The molecule has 0 saturated heterocycles. The zero-order valence-electron chi connectivity index (χ0n) is 18.5. The third-order valence-corrected chi connectivity index (χ3v) is 4.40. The van der Waals surface area contributed by atoms with E-state index >= 15 is 0 Å². The van der Waals surface area contributed by atoms with E-state index in [4.69, 9.17) is 14.5 Å². The number of ether oxygens (including phenoxy) is 2. The first-order valence-electron chi connectivity index (χ1n) is 10.1. The van der Waals surface area contributed by atoms with Crippen molar-refractivity contribution >= 4 is 29.9 Å². The van der Waals surface area contributed by atoms with Gasteiger partial charge in [0, 0.05) is 25.2 Å². The number of methoxy groups -OCH3 is 1. The first-order valence-corrected chi connectivity index (χ1v) is 10.1. The summed E-state index contributed by atoms with van der Waals surface area (Å²) in [6, 6.07) is 16.2. The number of hydrogen-bond donors (Lipinski definition) is 2. The van der Waals surface area contributed by atoms with Crippen molar-refractivity contribution < 1.29 is 9.47 Å². The van der Waals surface area contributed by atoms with Gasteiger partial charge < -0.3 is 25.0 Å². The third-order valence-electron chi connectivity index (χ3n) is 4.40. The third kappa shape index (κ3) is 9.21. The summed E-state index contributed by atoms with van der Waals surface area (Å²) in [6.07, 6.45) is 0.860. The number of rotatable bonds is 11. The minimum atomic E-state index is 0. The zero-order chi connectivity index (χ0) is 20.9. The molecule has 6 nitrogen and oxygen atoms in total. The monoisotopic (exact) mass is 526 g/mol. The molecule has 0 aliphatic carbocycles. The van der Waals surface area contributed by atoms with Crippen LogP contribution in [0.4, 0.5) is 0 Å². The average Bonchev–Trinajstić information content (AvgIpc) is 2.73. The molecule has 30 heavy (non-hydrogen) atoms. The van der Waals surface area contributed by atoms with Crippen LogP contribution in [0.25, 0.3) is 0 Å². The Hall–Kier alpha value is -2.00. The molecule has 2 N–H and O–H groups in total. The molecule has 0 aromatic heterocycles. The average molecular weight is 526 g/mol. The van der Waals surface area contributed by atoms with Crippen LogP contribution in [0.3, 0.4) is 0 Å². The summed E-state index contributed by atoms with van der Waals surface area (Å²) in [4.78, 5) is 6.84. The van der Waals surface area contributed by atoms with Crippen LogP contribution < -0.4 is 20.1 Å². The number of aliphatic imine (C=N–C) groups is 1. The lowest BCUT2D eigenvalue weighted by Crippen LogP contribution is -2.38. The molecule has 0 aliphatic rings. The summed E-state index contributed by atoms with van der Waals surface area (Å²) in [5.41, 5.74) is 2.26. The van der Waals surface area contributed by atoms with E-state index < -0.39 is 0 Å². The van der Waals surface area contributed by atoms with Crippen LogP contribution in [0.2, 0.25) is 0 Å². The van der Waals surface area contributed by atoms with Crippen LogP contribution in [0.5, 0.6) is 11.5 Å². The molecular formula is C23H35IN4O2. The van der Waals surface area contributed by atoms with Crippen molar-refractivity contribution in [3.63, 3.8) is 0 Å². The largest absolute Gasteiger partial charge is 0.496 e. The summed E-state index contributed by atoms with van der Waals surface area (Å²) >= 11 is 0. The van der Waals surface area contributed by atoms with E-state index in [1.807, 2.05) is 50.5 Å². The van der Waals surface area contributed by atoms with Crippen molar-refractivity contribution in [2.45, 2.75) is 19.9 Å². The fraction of sp³-hybridized carbons (Fsp3) is 0.435. The maximum atomic E-state index is 5.94. The first-order chi connectivity index (χ1) is 14.1. The maximum Gasteiger partial charge on any atom is 0.191 e. The fourth-order valence-corrected chi connectivity index (χ4v) is 2.84. The smallest absolute Gasteiger partial charge is 0.191 e. The number of nitrogens with one attached hydrogen (secondary N) is 2. The number of benzene rings is 2. The van der Waals surface area contributed by atoms with E-state index in [2.05, 4.69) is 34.6 Å². The lowest BCUT2D eigenvalue weighted by molar-refractivity contribution is 0.259. The minimum Gasteiger partial charge on any atom is -0.496 e. The van der Waals surface area contributed by atoms with Gasteiger partial charge in [0.05, 0.1) is 13.7 Å². The van der Waals surface area contributed by atoms with Gasteiger partial charge in [0.25, 0.3) is 0 Å². The number of likely N-dealkylation sites (N-methyl/N-ethyl adjacent to an activating group) is 1. The molecule has 0 atom stereocenters. The van der Waals surface area contributed by atoms with Crippen molar-refractivity contribution in [2.75, 3.05) is 47.4 Å². The normalized spacial score (nSPS) is 11.0. The second kappa shape index (κ2) is 14.9. The van der Waals surface area contributed by atoms with Crippen LogP contribution in [0, 0.1) is 0 Å². The Balaban J connectivity index is 0.00000450. The van der Waals surface area contributed by atoms with E-state index in [-0.39, 0.29) is 24.0 Å². The summed E-state index contributed by atoms with van der Waals surface area (Å²) in [5, 5.41) is 6.71. The summed E-state index contributed by atoms with van der Waals surface area (Å²) in [7, 11) is 5.79. The van der Waals surface area contributed by atoms with Gasteiger partial charge in [-0.2, -0.15) is 0 Å². The molecule has 166 valence electrons. The van der Waals surface area contributed by atoms with Gasteiger partial charge in [-0.1, -0.05) is 36.4 Å². The zero-order valence-corrected chi connectivity index (χ0v) is 20.8. The lowest BCUT2D eigenvalue weighted by Gasteiger charge is -2.15. The molecule has 0 fully saturated rings. The topological polar surface area (TPSA) is 58.1 Å². The number of guanidine groups is 1. The van der Waals surface area contributed by atoms with E-state index in [1.54, 1.807) is 7.11 Å². The van der Waals surface area contributed by atoms with E-state index in [0.717, 1.165) is 49.1 Å². The molecule has 2 aromatic carbocycles. The molecular weight excluding hydrogens is 491 g/mol. The molecule has 0 bridgehead atoms. The highest BCUT2D eigenvalue weighted by molar-refractivity contribution is 14.0. The Labute approximate surface area is 198 Å². The predicted molar refractivity (Wildman–Crippen MR) is 135 cm³/mol. The molecule has 7 heteroatoms. The second-order valence-corrected chi connectivity index (χ2v) is 6.94. The summed E-state index contributed by atoms with van der Waals surface area (Å²) in [6.45, 7) is 5.74. The van der Waals surface area contributed by atoms with Crippen molar-refractivity contribution in [3.8, 4) is 11.5 Å². The number of para-hydroxylation sites is 2. The highest BCUT2D eigenvalue weighted by Gasteiger charge is 2.05. The molecule has 0 saturated carbocycles. The number of nitrogens with zero attached hydrogens (tertiary/aromatic N) is 2. The highest BCUT2D eigenvalue weighted by Crippen LogP contribution is 2.19.